The highest BCUT2D eigenvalue weighted by Gasteiger charge is 2.30. The monoisotopic (exact) mass is 413 g/mol. The minimum atomic E-state index is -0.111. The maximum absolute atomic E-state index is 12.7. The van der Waals surface area contributed by atoms with E-state index in [0.29, 0.717) is 18.1 Å². The first kappa shape index (κ1) is 21.2. The minimum absolute atomic E-state index is 0.0509. The molecule has 2 aromatic rings. The molecule has 154 valence electrons. The van der Waals surface area contributed by atoms with Gasteiger partial charge in [0, 0.05) is 35.4 Å². The molecule has 0 bridgehead atoms. The van der Waals surface area contributed by atoms with E-state index in [1.165, 1.54) is 0 Å². The standard InChI is InChI=1S/C23H28ClN3O2/c1-3-17-6-4-5-7-21(17)26-22(28)16(2)18-12-14-27(15-13-18)23(29)25-20-10-8-19(24)9-11-20/h4-11,16,18H,3,12-15H2,1-2H3,(H,25,29)(H,26,28)/t16-/m1/s1. The van der Waals surface area contributed by atoms with Crippen LogP contribution in [0.4, 0.5) is 16.2 Å². The zero-order valence-electron chi connectivity index (χ0n) is 17.0. The third kappa shape index (κ3) is 5.51. The van der Waals surface area contributed by atoms with E-state index in [-0.39, 0.29) is 23.8 Å². The number of halogens is 1. The summed E-state index contributed by atoms with van der Waals surface area (Å²) in [7, 11) is 0. The summed E-state index contributed by atoms with van der Waals surface area (Å²) in [4.78, 5) is 27.0. The Morgan fingerprint density at radius 2 is 1.72 bits per heavy atom. The van der Waals surface area contributed by atoms with Gasteiger partial charge in [0.25, 0.3) is 0 Å². The van der Waals surface area contributed by atoms with Gasteiger partial charge >= 0.3 is 6.03 Å². The van der Waals surface area contributed by atoms with E-state index < -0.39 is 0 Å². The first-order chi connectivity index (χ1) is 14.0. The number of para-hydroxylation sites is 1. The largest absolute Gasteiger partial charge is 0.326 e. The Bertz CT molecular complexity index is 845. The fourth-order valence-corrected chi connectivity index (χ4v) is 3.88. The van der Waals surface area contributed by atoms with Crippen molar-refractivity contribution in [3.63, 3.8) is 0 Å². The molecule has 29 heavy (non-hydrogen) atoms. The van der Waals surface area contributed by atoms with Crippen LogP contribution in [0.3, 0.4) is 0 Å². The number of nitrogens with zero attached hydrogens (tertiary/aromatic N) is 1. The van der Waals surface area contributed by atoms with Crippen LogP contribution in [0.15, 0.2) is 48.5 Å². The number of carbonyl (C=O) groups is 2. The lowest BCUT2D eigenvalue weighted by Gasteiger charge is -2.34. The summed E-state index contributed by atoms with van der Waals surface area (Å²) in [5.74, 6) is 0.222. The van der Waals surface area contributed by atoms with Gasteiger partial charge in [0.15, 0.2) is 0 Å². The van der Waals surface area contributed by atoms with Gasteiger partial charge in [-0.2, -0.15) is 0 Å². The van der Waals surface area contributed by atoms with E-state index in [1.54, 1.807) is 24.3 Å². The van der Waals surface area contributed by atoms with Gasteiger partial charge in [-0.15, -0.1) is 0 Å². The summed E-state index contributed by atoms with van der Waals surface area (Å²) in [6.07, 6.45) is 2.52. The molecule has 2 N–H and O–H groups in total. The van der Waals surface area contributed by atoms with E-state index >= 15 is 0 Å². The highest BCUT2D eigenvalue weighted by molar-refractivity contribution is 6.30. The van der Waals surface area contributed by atoms with E-state index in [4.69, 9.17) is 11.6 Å². The minimum Gasteiger partial charge on any atom is -0.326 e. The number of piperidine rings is 1. The first-order valence-electron chi connectivity index (χ1n) is 10.2. The highest BCUT2D eigenvalue weighted by atomic mass is 35.5. The molecular weight excluding hydrogens is 386 g/mol. The van der Waals surface area contributed by atoms with Crippen molar-refractivity contribution >= 4 is 34.9 Å². The Kier molecular flexibility index (Phi) is 7.15. The van der Waals surface area contributed by atoms with Gasteiger partial charge in [-0.25, -0.2) is 4.79 Å². The number of carbonyl (C=O) groups excluding carboxylic acids is 2. The summed E-state index contributed by atoms with van der Waals surface area (Å²) >= 11 is 5.88. The maximum atomic E-state index is 12.7. The third-order valence-corrected chi connectivity index (χ3v) is 5.95. The van der Waals surface area contributed by atoms with Crippen LogP contribution in [0, 0.1) is 11.8 Å². The van der Waals surface area contributed by atoms with Gasteiger partial charge in [-0.3, -0.25) is 4.79 Å². The number of anilines is 2. The lowest BCUT2D eigenvalue weighted by Crippen LogP contribution is -2.43. The lowest BCUT2D eigenvalue weighted by molar-refractivity contribution is -0.121. The van der Waals surface area contributed by atoms with Crippen molar-refractivity contribution in [2.24, 2.45) is 11.8 Å². The number of rotatable bonds is 5. The fraction of sp³-hybridized carbons (Fsp3) is 0.391. The Labute approximate surface area is 177 Å². The average molecular weight is 414 g/mol. The molecule has 0 unspecified atom stereocenters. The van der Waals surface area contributed by atoms with Crippen LogP contribution in [-0.4, -0.2) is 29.9 Å². The summed E-state index contributed by atoms with van der Waals surface area (Å²) < 4.78 is 0. The second kappa shape index (κ2) is 9.79. The molecule has 3 rings (SSSR count). The predicted molar refractivity (Wildman–Crippen MR) is 118 cm³/mol. The second-order valence-electron chi connectivity index (χ2n) is 7.55. The predicted octanol–water partition coefficient (Wildman–Crippen LogP) is 5.42. The maximum Gasteiger partial charge on any atom is 0.321 e. The van der Waals surface area contributed by atoms with E-state index in [9.17, 15) is 9.59 Å². The molecule has 0 aromatic heterocycles. The normalized spacial score (nSPS) is 15.6. The zero-order valence-corrected chi connectivity index (χ0v) is 17.7. The van der Waals surface area contributed by atoms with Gasteiger partial charge in [-0.05, 0) is 61.1 Å². The van der Waals surface area contributed by atoms with Crippen LogP contribution >= 0.6 is 11.6 Å². The van der Waals surface area contributed by atoms with Crippen molar-refractivity contribution in [3.8, 4) is 0 Å². The topological polar surface area (TPSA) is 61.4 Å². The van der Waals surface area contributed by atoms with Crippen LogP contribution in [0.2, 0.25) is 5.02 Å². The van der Waals surface area contributed by atoms with Gasteiger partial charge in [0.05, 0.1) is 0 Å². The van der Waals surface area contributed by atoms with Crippen LogP contribution in [0.1, 0.15) is 32.3 Å². The van der Waals surface area contributed by atoms with Gasteiger partial charge in [0.2, 0.25) is 5.91 Å². The molecule has 1 aliphatic rings. The first-order valence-corrected chi connectivity index (χ1v) is 10.6. The number of benzene rings is 2. The molecule has 2 aromatic carbocycles. The van der Waals surface area contributed by atoms with E-state index in [2.05, 4.69) is 17.6 Å². The molecule has 1 heterocycles. The third-order valence-electron chi connectivity index (χ3n) is 5.70. The number of urea groups is 1. The lowest BCUT2D eigenvalue weighted by atomic mass is 9.85. The van der Waals surface area contributed by atoms with Crippen LogP contribution in [0.25, 0.3) is 0 Å². The summed E-state index contributed by atoms with van der Waals surface area (Å²) in [6, 6.07) is 14.9. The zero-order chi connectivity index (χ0) is 20.8. The summed E-state index contributed by atoms with van der Waals surface area (Å²) in [5, 5.41) is 6.62. The van der Waals surface area contributed by atoms with Gasteiger partial charge in [0.1, 0.15) is 0 Å². The molecule has 0 spiro atoms. The Hall–Kier alpha value is -2.53. The summed E-state index contributed by atoms with van der Waals surface area (Å²) in [6.45, 7) is 5.36. The van der Waals surface area contributed by atoms with Crippen molar-refractivity contribution < 1.29 is 9.59 Å². The molecule has 5 nitrogen and oxygen atoms in total. The summed E-state index contributed by atoms with van der Waals surface area (Å²) in [5.41, 5.74) is 2.76. The molecule has 1 saturated heterocycles. The molecule has 3 amide bonds. The number of nitrogens with one attached hydrogen (secondary N) is 2. The van der Waals surface area contributed by atoms with Crippen LogP contribution in [0.5, 0.6) is 0 Å². The fourth-order valence-electron chi connectivity index (χ4n) is 3.75. The van der Waals surface area contributed by atoms with Crippen molar-refractivity contribution in [3.05, 3.63) is 59.1 Å². The van der Waals surface area contributed by atoms with Crippen LogP contribution < -0.4 is 10.6 Å². The molecule has 1 fully saturated rings. The number of hydrogen-bond donors (Lipinski definition) is 2. The van der Waals surface area contributed by atoms with Crippen molar-refractivity contribution in [2.75, 3.05) is 23.7 Å². The molecule has 0 aliphatic carbocycles. The van der Waals surface area contributed by atoms with Crippen molar-refractivity contribution in [1.82, 2.24) is 4.90 Å². The highest BCUT2D eigenvalue weighted by Crippen LogP contribution is 2.27. The van der Waals surface area contributed by atoms with E-state index in [0.717, 1.165) is 36.2 Å². The van der Waals surface area contributed by atoms with Gasteiger partial charge in [-0.1, -0.05) is 43.6 Å². The Morgan fingerprint density at radius 1 is 1.07 bits per heavy atom. The smallest absolute Gasteiger partial charge is 0.321 e. The SMILES string of the molecule is CCc1ccccc1NC(=O)[C@H](C)C1CCN(C(=O)Nc2ccc(Cl)cc2)CC1. The number of hydrogen-bond acceptors (Lipinski definition) is 2. The average Bonchev–Trinajstić information content (AvgIpc) is 2.75. The van der Waals surface area contributed by atoms with Crippen LogP contribution in [-0.2, 0) is 11.2 Å². The molecule has 1 aliphatic heterocycles. The van der Waals surface area contributed by atoms with Crippen molar-refractivity contribution in [1.29, 1.82) is 0 Å². The number of amides is 3. The Morgan fingerprint density at radius 3 is 2.38 bits per heavy atom. The van der Waals surface area contributed by atoms with Crippen molar-refractivity contribution in [2.45, 2.75) is 33.1 Å². The number of aryl methyl sites for hydroxylation is 1. The molecule has 0 saturated carbocycles. The molecule has 6 heteroatoms. The second-order valence-corrected chi connectivity index (χ2v) is 7.99. The van der Waals surface area contributed by atoms with E-state index in [1.807, 2.05) is 36.1 Å². The number of likely N-dealkylation sites (tertiary alicyclic amines) is 1. The van der Waals surface area contributed by atoms with Gasteiger partial charge < -0.3 is 15.5 Å². The molecule has 1 atom stereocenters. The molecular formula is C23H28ClN3O2. The Balaban J connectivity index is 1.50. The quantitative estimate of drug-likeness (QED) is 0.687. The molecule has 0 radical (unpaired) electrons.